The first-order valence-electron chi connectivity index (χ1n) is 6.85. The minimum Gasteiger partial charge on any atom is -0.350 e. The molecule has 1 N–H and O–H groups in total. The number of nitriles is 1. The van der Waals surface area contributed by atoms with E-state index in [1.54, 1.807) is 0 Å². The third-order valence-corrected chi connectivity index (χ3v) is 3.22. The van der Waals surface area contributed by atoms with Crippen LogP contribution in [0.3, 0.4) is 0 Å². The van der Waals surface area contributed by atoms with Gasteiger partial charge in [0, 0.05) is 12.6 Å². The Hall–Kier alpha value is -1.86. The van der Waals surface area contributed by atoms with Crippen molar-refractivity contribution in [2.24, 2.45) is 5.92 Å². The molecule has 4 nitrogen and oxygen atoms in total. The molecule has 108 valence electrons. The zero-order valence-corrected chi connectivity index (χ0v) is 12.6. The number of likely N-dealkylation sites (N-methyl/N-ethyl adjacent to an activating group) is 1. The van der Waals surface area contributed by atoms with Crippen LogP contribution in [0.5, 0.6) is 0 Å². The molecule has 0 aliphatic heterocycles. The number of carbonyl (C=O) groups is 1. The molecule has 2 unspecified atom stereocenters. The molecule has 0 radical (unpaired) electrons. The Morgan fingerprint density at radius 2 is 1.90 bits per heavy atom. The summed E-state index contributed by atoms with van der Waals surface area (Å²) in [5.74, 6) is -0.657. The summed E-state index contributed by atoms with van der Waals surface area (Å²) in [5.41, 5.74) is 0.736. The van der Waals surface area contributed by atoms with E-state index in [9.17, 15) is 10.1 Å². The number of nitrogens with one attached hydrogen (secondary N) is 1. The van der Waals surface area contributed by atoms with Gasteiger partial charge in [0.05, 0.1) is 6.07 Å². The molecule has 2 atom stereocenters. The van der Waals surface area contributed by atoms with Crippen molar-refractivity contribution in [3.8, 4) is 6.07 Å². The fraction of sp³-hybridized carbons (Fsp3) is 0.500. The summed E-state index contributed by atoms with van der Waals surface area (Å²) in [6, 6.07) is 11.3. The van der Waals surface area contributed by atoms with Crippen LogP contribution in [0, 0.1) is 17.2 Å². The highest BCUT2D eigenvalue weighted by molar-refractivity contribution is 5.86. The average Bonchev–Trinajstić information content (AvgIpc) is 2.39. The molecule has 0 bridgehead atoms. The van der Waals surface area contributed by atoms with Crippen molar-refractivity contribution in [3.05, 3.63) is 35.9 Å². The predicted octanol–water partition coefficient (Wildman–Crippen LogP) is 2.00. The van der Waals surface area contributed by atoms with E-state index in [1.807, 2.05) is 49.3 Å². The summed E-state index contributed by atoms with van der Waals surface area (Å²) in [7, 11) is 3.95. The van der Waals surface area contributed by atoms with E-state index in [0.29, 0.717) is 5.92 Å². The number of nitrogens with zero attached hydrogens (tertiary/aromatic N) is 2. The van der Waals surface area contributed by atoms with Gasteiger partial charge in [-0.25, -0.2) is 0 Å². The van der Waals surface area contributed by atoms with E-state index in [2.05, 4.69) is 25.2 Å². The summed E-state index contributed by atoms with van der Waals surface area (Å²) in [6.07, 6.45) is 0. The number of benzene rings is 1. The van der Waals surface area contributed by atoms with Gasteiger partial charge in [-0.05, 0) is 25.6 Å². The molecule has 0 aliphatic rings. The zero-order chi connectivity index (χ0) is 15.1. The molecular formula is C16H23N3O. The van der Waals surface area contributed by atoms with Crippen molar-refractivity contribution in [1.29, 1.82) is 5.26 Å². The number of amides is 1. The standard InChI is InChI=1S/C16H23N3O/c1-12(2)15(11-19(3)4)18-16(20)14(10-17)13-8-6-5-7-9-13/h5-9,12,14-15H,11H2,1-4H3,(H,18,20). The molecule has 4 heteroatoms. The summed E-state index contributed by atoms with van der Waals surface area (Å²) in [5, 5.41) is 12.3. The molecule has 0 heterocycles. The summed E-state index contributed by atoms with van der Waals surface area (Å²) in [4.78, 5) is 14.4. The maximum absolute atomic E-state index is 12.3. The Kier molecular flexibility index (Phi) is 6.20. The molecule has 0 aromatic heterocycles. The molecule has 0 spiro atoms. The van der Waals surface area contributed by atoms with E-state index in [4.69, 9.17) is 0 Å². The van der Waals surface area contributed by atoms with Crippen LogP contribution in [0.25, 0.3) is 0 Å². The van der Waals surface area contributed by atoms with Crippen LogP contribution in [0.15, 0.2) is 30.3 Å². The molecule has 20 heavy (non-hydrogen) atoms. The van der Waals surface area contributed by atoms with Crippen molar-refractivity contribution in [3.63, 3.8) is 0 Å². The van der Waals surface area contributed by atoms with Crippen LogP contribution < -0.4 is 5.32 Å². The van der Waals surface area contributed by atoms with Crippen LogP contribution in [-0.2, 0) is 4.79 Å². The van der Waals surface area contributed by atoms with Gasteiger partial charge < -0.3 is 10.2 Å². The first-order valence-corrected chi connectivity index (χ1v) is 6.85. The van der Waals surface area contributed by atoms with Gasteiger partial charge in [-0.1, -0.05) is 44.2 Å². The normalized spacial score (nSPS) is 13.8. The Balaban J connectivity index is 2.79. The van der Waals surface area contributed by atoms with Gasteiger partial charge in [0.25, 0.3) is 0 Å². The van der Waals surface area contributed by atoms with Crippen molar-refractivity contribution in [2.45, 2.75) is 25.8 Å². The third-order valence-electron chi connectivity index (χ3n) is 3.22. The Morgan fingerprint density at radius 3 is 2.35 bits per heavy atom. The minimum absolute atomic E-state index is 0.0389. The number of hydrogen-bond acceptors (Lipinski definition) is 3. The van der Waals surface area contributed by atoms with E-state index in [1.165, 1.54) is 0 Å². The topological polar surface area (TPSA) is 56.1 Å². The molecule has 0 saturated heterocycles. The largest absolute Gasteiger partial charge is 0.350 e. The Bertz CT molecular complexity index is 462. The SMILES string of the molecule is CC(C)C(CN(C)C)NC(=O)C(C#N)c1ccccc1. The summed E-state index contributed by atoms with van der Waals surface area (Å²) >= 11 is 0. The fourth-order valence-corrected chi connectivity index (χ4v) is 2.01. The van der Waals surface area contributed by atoms with E-state index in [-0.39, 0.29) is 11.9 Å². The van der Waals surface area contributed by atoms with Gasteiger partial charge >= 0.3 is 0 Å². The average molecular weight is 273 g/mol. The van der Waals surface area contributed by atoms with Gasteiger partial charge in [0.1, 0.15) is 5.92 Å². The highest BCUT2D eigenvalue weighted by Gasteiger charge is 2.24. The van der Waals surface area contributed by atoms with Crippen LogP contribution >= 0.6 is 0 Å². The smallest absolute Gasteiger partial charge is 0.242 e. The Morgan fingerprint density at radius 1 is 1.30 bits per heavy atom. The number of hydrogen-bond donors (Lipinski definition) is 1. The van der Waals surface area contributed by atoms with Crippen LogP contribution in [-0.4, -0.2) is 37.5 Å². The lowest BCUT2D eigenvalue weighted by Crippen LogP contribution is -2.46. The molecule has 0 fully saturated rings. The molecule has 1 amide bonds. The van der Waals surface area contributed by atoms with Gasteiger partial charge in [-0.3, -0.25) is 4.79 Å². The second kappa shape index (κ2) is 7.66. The van der Waals surface area contributed by atoms with Gasteiger partial charge in [-0.2, -0.15) is 5.26 Å². The number of carbonyl (C=O) groups excluding carboxylic acids is 1. The maximum Gasteiger partial charge on any atom is 0.242 e. The first kappa shape index (κ1) is 16.2. The van der Waals surface area contributed by atoms with Crippen molar-refractivity contribution >= 4 is 5.91 Å². The lowest BCUT2D eigenvalue weighted by molar-refractivity contribution is -0.122. The van der Waals surface area contributed by atoms with Gasteiger partial charge in [0.15, 0.2) is 0 Å². The molecule has 1 rings (SSSR count). The summed E-state index contributed by atoms with van der Waals surface area (Å²) in [6.45, 7) is 4.90. The lowest BCUT2D eigenvalue weighted by atomic mass is 9.97. The molecule has 0 saturated carbocycles. The van der Waals surface area contributed by atoms with E-state index >= 15 is 0 Å². The van der Waals surface area contributed by atoms with Gasteiger partial charge in [-0.15, -0.1) is 0 Å². The summed E-state index contributed by atoms with van der Waals surface area (Å²) < 4.78 is 0. The van der Waals surface area contributed by atoms with Crippen molar-refractivity contribution in [1.82, 2.24) is 10.2 Å². The second-order valence-electron chi connectivity index (χ2n) is 5.59. The van der Waals surface area contributed by atoms with Crippen molar-refractivity contribution in [2.75, 3.05) is 20.6 Å². The van der Waals surface area contributed by atoms with Crippen LogP contribution in [0.1, 0.15) is 25.3 Å². The highest BCUT2D eigenvalue weighted by Crippen LogP contribution is 2.15. The minimum atomic E-state index is -0.750. The van der Waals surface area contributed by atoms with Crippen LogP contribution in [0.2, 0.25) is 0 Å². The van der Waals surface area contributed by atoms with Gasteiger partial charge in [0.2, 0.25) is 5.91 Å². The lowest BCUT2D eigenvalue weighted by Gasteiger charge is -2.26. The number of rotatable bonds is 6. The highest BCUT2D eigenvalue weighted by atomic mass is 16.1. The van der Waals surface area contributed by atoms with Crippen LogP contribution in [0.4, 0.5) is 0 Å². The molecule has 0 aliphatic carbocycles. The molecule has 1 aromatic carbocycles. The van der Waals surface area contributed by atoms with Crippen molar-refractivity contribution < 1.29 is 4.79 Å². The van der Waals surface area contributed by atoms with E-state index in [0.717, 1.165) is 12.1 Å². The Labute approximate surface area is 121 Å². The molecular weight excluding hydrogens is 250 g/mol. The van der Waals surface area contributed by atoms with E-state index < -0.39 is 5.92 Å². The maximum atomic E-state index is 12.3. The predicted molar refractivity (Wildman–Crippen MR) is 80.1 cm³/mol. The zero-order valence-electron chi connectivity index (χ0n) is 12.6. The second-order valence-corrected chi connectivity index (χ2v) is 5.59. The third kappa shape index (κ3) is 4.67. The monoisotopic (exact) mass is 273 g/mol. The quantitative estimate of drug-likeness (QED) is 0.862. The first-order chi connectivity index (χ1) is 9.45. The fourth-order valence-electron chi connectivity index (χ4n) is 2.01. The molecule has 1 aromatic rings.